The average Bonchev–Trinajstić information content (AvgIpc) is 2.68. The highest BCUT2D eigenvalue weighted by molar-refractivity contribution is 5.85. The van der Waals surface area contributed by atoms with Crippen molar-refractivity contribution < 1.29 is 4.74 Å². The first-order valence-electron chi connectivity index (χ1n) is 6.77. The summed E-state index contributed by atoms with van der Waals surface area (Å²) in [6, 6.07) is 2.68. The molecular weight excluding hydrogens is 295 g/mol. The number of aromatic nitrogens is 1. The van der Waals surface area contributed by atoms with Crippen LogP contribution in [-0.4, -0.2) is 23.7 Å². The molecule has 20 heavy (non-hydrogen) atoms. The van der Waals surface area contributed by atoms with Crippen LogP contribution in [0, 0.1) is 5.92 Å². The van der Waals surface area contributed by atoms with Gasteiger partial charge in [-0.1, -0.05) is 6.08 Å². The Morgan fingerprint density at radius 2 is 2.10 bits per heavy atom. The van der Waals surface area contributed by atoms with Crippen LogP contribution in [0.15, 0.2) is 24.5 Å². The minimum Gasteiger partial charge on any atom is -0.489 e. The van der Waals surface area contributed by atoms with E-state index in [0.717, 1.165) is 24.6 Å². The fraction of sp³-hybridized carbons (Fsp3) is 0.533. The van der Waals surface area contributed by atoms with Crippen LogP contribution in [0.3, 0.4) is 0 Å². The lowest BCUT2D eigenvalue weighted by Gasteiger charge is -2.19. The summed E-state index contributed by atoms with van der Waals surface area (Å²) in [6.07, 6.45) is 8.75. The number of rotatable bonds is 3. The van der Waals surface area contributed by atoms with E-state index in [2.05, 4.69) is 22.4 Å². The number of halogens is 2. The third-order valence-corrected chi connectivity index (χ3v) is 3.62. The number of hydrogen-bond donors (Lipinski definition) is 1. The van der Waals surface area contributed by atoms with Crippen molar-refractivity contribution in [2.45, 2.75) is 38.8 Å². The molecule has 0 saturated carbocycles. The SMILES string of the molecule is CC(C)Oc1cncc(C2=CC3CC(CN3)C2)c1.Cl.Cl. The summed E-state index contributed by atoms with van der Waals surface area (Å²) < 4.78 is 5.71. The molecule has 1 N–H and O–H groups in total. The van der Waals surface area contributed by atoms with Crippen LogP contribution >= 0.6 is 24.8 Å². The predicted octanol–water partition coefficient (Wildman–Crippen LogP) is 3.48. The molecule has 0 radical (unpaired) electrons. The van der Waals surface area contributed by atoms with Gasteiger partial charge in [0.25, 0.3) is 0 Å². The van der Waals surface area contributed by atoms with Crippen molar-refractivity contribution >= 4 is 30.4 Å². The van der Waals surface area contributed by atoms with Crippen molar-refractivity contribution in [3.8, 4) is 5.75 Å². The predicted molar refractivity (Wildman–Crippen MR) is 87.0 cm³/mol. The second kappa shape index (κ2) is 7.30. The van der Waals surface area contributed by atoms with Crippen molar-refractivity contribution in [3.63, 3.8) is 0 Å². The normalized spacial score (nSPS) is 23.6. The largest absolute Gasteiger partial charge is 0.489 e. The first kappa shape index (κ1) is 17.3. The van der Waals surface area contributed by atoms with Gasteiger partial charge < -0.3 is 10.1 Å². The molecule has 112 valence electrons. The average molecular weight is 317 g/mol. The van der Waals surface area contributed by atoms with E-state index >= 15 is 0 Å². The number of fused-ring (bicyclic) bond motifs is 2. The Labute approximate surface area is 133 Å². The molecule has 2 unspecified atom stereocenters. The van der Waals surface area contributed by atoms with Gasteiger partial charge in [-0.05, 0) is 56.4 Å². The van der Waals surface area contributed by atoms with Gasteiger partial charge in [0.2, 0.25) is 0 Å². The summed E-state index contributed by atoms with van der Waals surface area (Å²) in [5.74, 6) is 1.67. The zero-order chi connectivity index (χ0) is 12.5. The van der Waals surface area contributed by atoms with Gasteiger partial charge >= 0.3 is 0 Å². The second-order valence-electron chi connectivity index (χ2n) is 5.59. The maximum Gasteiger partial charge on any atom is 0.138 e. The van der Waals surface area contributed by atoms with E-state index in [9.17, 15) is 0 Å². The topological polar surface area (TPSA) is 34.1 Å². The van der Waals surface area contributed by atoms with Gasteiger partial charge in [-0.2, -0.15) is 0 Å². The molecule has 1 saturated heterocycles. The number of hydrogen-bond acceptors (Lipinski definition) is 3. The summed E-state index contributed by atoms with van der Waals surface area (Å²) in [5, 5.41) is 3.54. The fourth-order valence-corrected chi connectivity index (χ4v) is 2.89. The van der Waals surface area contributed by atoms with Gasteiger partial charge in [-0.15, -0.1) is 24.8 Å². The van der Waals surface area contributed by atoms with Gasteiger partial charge in [0.05, 0.1) is 12.3 Å². The maximum absolute atomic E-state index is 5.71. The summed E-state index contributed by atoms with van der Waals surface area (Å²) in [6.45, 7) is 5.23. The molecule has 2 atom stereocenters. The van der Waals surface area contributed by atoms with Crippen LogP contribution in [0.4, 0.5) is 0 Å². The molecule has 0 amide bonds. The van der Waals surface area contributed by atoms with E-state index in [1.165, 1.54) is 17.6 Å². The molecule has 5 heteroatoms. The Hall–Kier alpha value is -0.770. The van der Waals surface area contributed by atoms with Crippen molar-refractivity contribution in [1.29, 1.82) is 0 Å². The third-order valence-electron chi connectivity index (χ3n) is 3.62. The lowest BCUT2D eigenvalue weighted by molar-refractivity contribution is 0.241. The van der Waals surface area contributed by atoms with Gasteiger partial charge in [0.15, 0.2) is 0 Å². The van der Waals surface area contributed by atoms with Crippen LogP contribution in [0.1, 0.15) is 32.3 Å². The number of nitrogens with one attached hydrogen (secondary N) is 1. The number of ether oxygens (including phenoxy) is 1. The van der Waals surface area contributed by atoms with Gasteiger partial charge in [-0.3, -0.25) is 4.98 Å². The van der Waals surface area contributed by atoms with Gasteiger partial charge in [0, 0.05) is 12.2 Å². The first-order chi connectivity index (χ1) is 8.70. The van der Waals surface area contributed by atoms with Crippen LogP contribution in [0.2, 0.25) is 0 Å². The van der Waals surface area contributed by atoms with Crippen molar-refractivity contribution in [3.05, 3.63) is 30.1 Å². The lowest BCUT2D eigenvalue weighted by Crippen LogP contribution is -2.18. The highest BCUT2D eigenvalue weighted by Gasteiger charge is 2.28. The number of allylic oxidation sites excluding steroid dienone is 1. The summed E-state index contributed by atoms with van der Waals surface area (Å²) in [4.78, 5) is 4.30. The Kier molecular flexibility index (Phi) is 6.31. The van der Waals surface area contributed by atoms with Crippen molar-refractivity contribution in [2.24, 2.45) is 5.92 Å². The summed E-state index contributed by atoms with van der Waals surface area (Å²) >= 11 is 0. The van der Waals surface area contributed by atoms with Crippen LogP contribution < -0.4 is 10.1 Å². The number of nitrogens with zero attached hydrogens (tertiary/aromatic N) is 1. The van der Waals surface area contributed by atoms with Gasteiger partial charge in [-0.25, -0.2) is 0 Å². The minimum absolute atomic E-state index is 0. The lowest BCUT2D eigenvalue weighted by atomic mass is 9.87. The van der Waals surface area contributed by atoms with E-state index in [1.807, 2.05) is 20.0 Å². The standard InChI is InChI=1S/C15H20N2O.2ClH/c1-10(2)18-15-6-13(8-16-9-15)12-3-11-4-14(5-12)17-7-11;;/h5-6,8-11,14,17H,3-4,7H2,1-2H3;2*1H. The monoisotopic (exact) mass is 316 g/mol. The molecule has 1 aromatic heterocycles. The summed E-state index contributed by atoms with van der Waals surface area (Å²) in [7, 11) is 0. The first-order valence-corrected chi connectivity index (χ1v) is 6.77. The van der Waals surface area contributed by atoms with Crippen LogP contribution in [-0.2, 0) is 0 Å². The molecule has 1 aliphatic heterocycles. The van der Waals surface area contributed by atoms with Gasteiger partial charge in [0.1, 0.15) is 5.75 Å². The Balaban J connectivity index is 0.000001000. The summed E-state index contributed by atoms with van der Waals surface area (Å²) in [5.41, 5.74) is 2.63. The molecule has 3 rings (SSSR count). The van der Waals surface area contributed by atoms with E-state index in [0.29, 0.717) is 6.04 Å². The molecule has 1 aromatic rings. The molecule has 2 heterocycles. The van der Waals surface area contributed by atoms with Crippen molar-refractivity contribution in [2.75, 3.05) is 6.54 Å². The molecule has 2 aliphatic rings. The van der Waals surface area contributed by atoms with E-state index in [-0.39, 0.29) is 30.9 Å². The third kappa shape index (κ3) is 3.87. The Morgan fingerprint density at radius 1 is 1.30 bits per heavy atom. The molecule has 2 bridgehead atoms. The quantitative estimate of drug-likeness (QED) is 0.927. The highest BCUT2D eigenvalue weighted by Crippen LogP contribution is 2.34. The number of pyridine rings is 1. The fourth-order valence-electron chi connectivity index (χ4n) is 2.89. The smallest absolute Gasteiger partial charge is 0.138 e. The Morgan fingerprint density at radius 3 is 2.80 bits per heavy atom. The molecule has 3 nitrogen and oxygen atoms in total. The second-order valence-corrected chi connectivity index (χ2v) is 5.59. The molecule has 0 spiro atoms. The minimum atomic E-state index is 0. The van der Waals surface area contributed by atoms with E-state index in [1.54, 1.807) is 6.20 Å². The molecular formula is C15H22Cl2N2O. The van der Waals surface area contributed by atoms with E-state index in [4.69, 9.17) is 4.74 Å². The van der Waals surface area contributed by atoms with Crippen LogP contribution in [0.5, 0.6) is 5.75 Å². The zero-order valence-corrected chi connectivity index (χ0v) is 13.5. The van der Waals surface area contributed by atoms with Crippen LogP contribution in [0.25, 0.3) is 5.57 Å². The molecule has 1 fully saturated rings. The molecule has 1 aliphatic carbocycles. The zero-order valence-electron chi connectivity index (χ0n) is 11.8. The maximum atomic E-state index is 5.71. The van der Waals surface area contributed by atoms with Crippen molar-refractivity contribution in [1.82, 2.24) is 10.3 Å². The van der Waals surface area contributed by atoms with E-state index < -0.39 is 0 Å². The highest BCUT2D eigenvalue weighted by atomic mass is 35.5. The Bertz CT molecular complexity index is 477. The molecule has 0 aromatic carbocycles.